The van der Waals surface area contributed by atoms with E-state index in [4.69, 9.17) is 5.73 Å². The molecule has 2 fully saturated rings. The van der Waals surface area contributed by atoms with Crippen LogP contribution in [0.1, 0.15) is 25.7 Å². The Bertz CT molecular complexity index is 193. The Balaban J connectivity index is 1.81. The molecule has 0 aromatic rings. The molecule has 3 heteroatoms. The SMILES string of the molecule is CN(C)C1CCN(C(CN)C2CC2)CC1. The molecule has 1 unspecified atom stereocenters. The standard InChI is InChI=1S/C12H25N3/c1-14(2)11-5-7-15(8-6-11)12(9-13)10-3-4-10/h10-12H,3-9,13H2,1-2H3. The number of piperidine rings is 1. The van der Waals surface area contributed by atoms with Gasteiger partial charge in [0.15, 0.2) is 0 Å². The summed E-state index contributed by atoms with van der Waals surface area (Å²) in [7, 11) is 4.39. The smallest absolute Gasteiger partial charge is 0.0246 e. The van der Waals surface area contributed by atoms with Gasteiger partial charge in [-0.15, -0.1) is 0 Å². The molecule has 15 heavy (non-hydrogen) atoms. The fourth-order valence-electron chi connectivity index (χ4n) is 2.85. The van der Waals surface area contributed by atoms with Gasteiger partial charge in [-0.2, -0.15) is 0 Å². The highest BCUT2D eigenvalue weighted by Crippen LogP contribution is 2.36. The number of nitrogens with two attached hydrogens (primary N) is 1. The Kier molecular flexibility index (Phi) is 3.65. The zero-order chi connectivity index (χ0) is 10.8. The first-order valence-electron chi connectivity index (χ1n) is 6.33. The molecular formula is C12H25N3. The van der Waals surface area contributed by atoms with Crippen LogP contribution in [0.4, 0.5) is 0 Å². The third-order valence-electron chi connectivity index (χ3n) is 4.11. The topological polar surface area (TPSA) is 32.5 Å². The first-order valence-corrected chi connectivity index (χ1v) is 6.33. The third-order valence-corrected chi connectivity index (χ3v) is 4.11. The monoisotopic (exact) mass is 211 g/mol. The molecule has 1 saturated carbocycles. The number of hydrogen-bond donors (Lipinski definition) is 1. The van der Waals surface area contributed by atoms with E-state index in [0.29, 0.717) is 6.04 Å². The summed E-state index contributed by atoms with van der Waals surface area (Å²) < 4.78 is 0. The van der Waals surface area contributed by atoms with E-state index in [1.54, 1.807) is 0 Å². The molecule has 0 aromatic heterocycles. The van der Waals surface area contributed by atoms with Crippen LogP contribution >= 0.6 is 0 Å². The second-order valence-corrected chi connectivity index (χ2v) is 5.37. The highest BCUT2D eigenvalue weighted by atomic mass is 15.2. The minimum absolute atomic E-state index is 0.688. The van der Waals surface area contributed by atoms with Crippen LogP contribution in [0.25, 0.3) is 0 Å². The Labute approximate surface area is 93.6 Å². The fraction of sp³-hybridized carbons (Fsp3) is 1.00. The van der Waals surface area contributed by atoms with Crippen LogP contribution in [0.15, 0.2) is 0 Å². The lowest BCUT2D eigenvalue weighted by Crippen LogP contribution is -2.49. The van der Waals surface area contributed by atoms with E-state index >= 15 is 0 Å². The van der Waals surface area contributed by atoms with Gasteiger partial charge in [0.05, 0.1) is 0 Å². The van der Waals surface area contributed by atoms with E-state index in [1.165, 1.54) is 38.8 Å². The third kappa shape index (κ3) is 2.71. The summed E-state index contributed by atoms with van der Waals surface area (Å²) in [4.78, 5) is 5.00. The van der Waals surface area contributed by atoms with Gasteiger partial charge in [-0.05, 0) is 58.8 Å². The van der Waals surface area contributed by atoms with Gasteiger partial charge in [-0.1, -0.05) is 0 Å². The lowest BCUT2D eigenvalue weighted by Gasteiger charge is -2.39. The lowest BCUT2D eigenvalue weighted by molar-refractivity contribution is 0.101. The lowest BCUT2D eigenvalue weighted by atomic mass is 10.0. The second-order valence-electron chi connectivity index (χ2n) is 5.37. The van der Waals surface area contributed by atoms with Gasteiger partial charge in [0.2, 0.25) is 0 Å². The largest absolute Gasteiger partial charge is 0.329 e. The van der Waals surface area contributed by atoms with Crippen molar-refractivity contribution in [2.75, 3.05) is 33.7 Å². The van der Waals surface area contributed by atoms with Crippen molar-refractivity contribution < 1.29 is 0 Å². The van der Waals surface area contributed by atoms with Crippen LogP contribution in [0.5, 0.6) is 0 Å². The molecule has 2 aliphatic rings. The number of nitrogens with zero attached hydrogens (tertiary/aromatic N) is 2. The van der Waals surface area contributed by atoms with Gasteiger partial charge in [-0.3, -0.25) is 4.90 Å². The summed E-state index contributed by atoms with van der Waals surface area (Å²) >= 11 is 0. The predicted octanol–water partition coefficient (Wildman–Crippen LogP) is 0.750. The number of hydrogen-bond acceptors (Lipinski definition) is 3. The van der Waals surface area contributed by atoms with Crippen LogP contribution in [-0.4, -0.2) is 55.6 Å². The van der Waals surface area contributed by atoms with Gasteiger partial charge < -0.3 is 10.6 Å². The van der Waals surface area contributed by atoms with Gasteiger partial charge >= 0.3 is 0 Å². The molecule has 1 atom stereocenters. The molecule has 2 rings (SSSR count). The average Bonchev–Trinajstić information content (AvgIpc) is 3.04. The minimum atomic E-state index is 0.688. The first-order chi connectivity index (χ1) is 7.22. The molecule has 1 saturated heterocycles. The predicted molar refractivity (Wildman–Crippen MR) is 63.8 cm³/mol. The van der Waals surface area contributed by atoms with Crippen LogP contribution < -0.4 is 5.73 Å². The summed E-state index contributed by atoms with van der Waals surface area (Å²) in [6.07, 6.45) is 5.46. The van der Waals surface area contributed by atoms with Crippen molar-refractivity contribution in [1.29, 1.82) is 0 Å². The Morgan fingerprint density at radius 3 is 2.20 bits per heavy atom. The van der Waals surface area contributed by atoms with Gasteiger partial charge in [0.1, 0.15) is 0 Å². The van der Waals surface area contributed by atoms with Crippen molar-refractivity contribution in [3.8, 4) is 0 Å². The average molecular weight is 211 g/mol. The Morgan fingerprint density at radius 2 is 1.80 bits per heavy atom. The minimum Gasteiger partial charge on any atom is -0.329 e. The van der Waals surface area contributed by atoms with E-state index in [2.05, 4.69) is 23.9 Å². The van der Waals surface area contributed by atoms with Crippen molar-refractivity contribution in [2.24, 2.45) is 11.7 Å². The highest BCUT2D eigenvalue weighted by Gasteiger charge is 2.35. The molecule has 3 nitrogen and oxygen atoms in total. The molecule has 2 N–H and O–H groups in total. The first kappa shape index (κ1) is 11.4. The molecule has 1 aliphatic heterocycles. The molecule has 0 aromatic carbocycles. The summed E-state index contributed by atoms with van der Waals surface area (Å²) in [5.41, 5.74) is 5.89. The van der Waals surface area contributed by atoms with Crippen molar-refractivity contribution in [1.82, 2.24) is 9.80 Å². The molecule has 0 amide bonds. The summed E-state index contributed by atoms with van der Waals surface area (Å²) in [5, 5.41) is 0. The maximum atomic E-state index is 5.89. The van der Waals surface area contributed by atoms with E-state index in [0.717, 1.165) is 18.5 Å². The van der Waals surface area contributed by atoms with Crippen LogP contribution in [0, 0.1) is 5.92 Å². The number of rotatable bonds is 4. The zero-order valence-corrected chi connectivity index (χ0v) is 10.2. The molecule has 88 valence electrons. The normalized spacial score (nSPS) is 27.2. The Morgan fingerprint density at radius 1 is 1.20 bits per heavy atom. The molecule has 0 bridgehead atoms. The van der Waals surface area contributed by atoms with Gasteiger partial charge in [0, 0.05) is 18.6 Å². The van der Waals surface area contributed by atoms with Crippen LogP contribution in [0.3, 0.4) is 0 Å². The van der Waals surface area contributed by atoms with Crippen molar-refractivity contribution >= 4 is 0 Å². The highest BCUT2D eigenvalue weighted by molar-refractivity contribution is 4.91. The molecular weight excluding hydrogens is 186 g/mol. The molecule has 0 radical (unpaired) electrons. The van der Waals surface area contributed by atoms with E-state index in [1.807, 2.05) is 0 Å². The van der Waals surface area contributed by atoms with E-state index in [9.17, 15) is 0 Å². The van der Waals surface area contributed by atoms with Gasteiger partial charge in [-0.25, -0.2) is 0 Å². The molecule has 1 aliphatic carbocycles. The molecule has 1 heterocycles. The van der Waals surface area contributed by atoms with Crippen LogP contribution in [0.2, 0.25) is 0 Å². The molecule has 0 spiro atoms. The zero-order valence-electron chi connectivity index (χ0n) is 10.2. The van der Waals surface area contributed by atoms with Gasteiger partial charge in [0.25, 0.3) is 0 Å². The Hall–Kier alpha value is -0.120. The summed E-state index contributed by atoms with van der Waals surface area (Å²) in [6.45, 7) is 3.36. The maximum Gasteiger partial charge on any atom is 0.0246 e. The van der Waals surface area contributed by atoms with E-state index < -0.39 is 0 Å². The summed E-state index contributed by atoms with van der Waals surface area (Å²) in [5.74, 6) is 0.922. The summed E-state index contributed by atoms with van der Waals surface area (Å²) in [6, 6.07) is 1.48. The van der Waals surface area contributed by atoms with E-state index in [-0.39, 0.29) is 0 Å². The van der Waals surface area contributed by atoms with Crippen molar-refractivity contribution in [3.05, 3.63) is 0 Å². The number of likely N-dealkylation sites (tertiary alicyclic amines) is 1. The van der Waals surface area contributed by atoms with Crippen molar-refractivity contribution in [2.45, 2.75) is 37.8 Å². The maximum absolute atomic E-state index is 5.89. The van der Waals surface area contributed by atoms with Crippen LogP contribution in [-0.2, 0) is 0 Å². The fourth-order valence-corrected chi connectivity index (χ4v) is 2.85. The second kappa shape index (κ2) is 4.81. The quantitative estimate of drug-likeness (QED) is 0.745. The van der Waals surface area contributed by atoms with Crippen molar-refractivity contribution in [3.63, 3.8) is 0 Å².